The van der Waals surface area contributed by atoms with E-state index in [1.807, 2.05) is 12.1 Å². The fourth-order valence-corrected chi connectivity index (χ4v) is 2.67. The van der Waals surface area contributed by atoms with E-state index in [2.05, 4.69) is 31.3 Å². The molecule has 0 unspecified atom stereocenters. The van der Waals surface area contributed by atoms with E-state index in [-0.39, 0.29) is 10.6 Å². The fraction of sp³-hybridized carbons (Fsp3) is 0.200. The van der Waals surface area contributed by atoms with Crippen LogP contribution in [-0.4, -0.2) is 8.42 Å². The zero-order valence-electron chi connectivity index (χ0n) is 12.0. The highest BCUT2D eigenvalue weighted by Crippen LogP contribution is 2.25. The van der Waals surface area contributed by atoms with E-state index >= 15 is 0 Å². The summed E-state index contributed by atoms with van der Waals surface area (Å²) in [6.07, 6.45) is 0. The molecule has 0 saturated carbocycles. The van der Waals surface area contributed by atoms with Crippen molar-refractivity contribution in [2.45, 2.75) is 24.7 Å². The van der Waals surface area contributed by atoms with Crippen LogP contribution in [0.2, 0.25) is 0 Å². The summed E-state index contributed by atoms with van der Waals surface area (Å²) in [5.41, 5.74) is 8.71. The topological polar surface area (TPSA) is 98.2 Å². The molecular weight excluding hydrogens is 286 g/mol. The van der Waals surface area contributed by atoms with Crippen molar-refractivity contribution in [3.8, 4) is 0 Å². The predicted molar refractivity (Wildman–Crippen MR) is 86.0 cm³/mol. The average molecular weight is 305 g/mol. The van der Waals surface area contributed by atoms with Gasteiger partial charge >= 0.3 is 0 Å². The maximum Gasteiger partial charge on any atom is 0.240 e. The first-order chi connectivity index (χ1) is 9.77. The Bertz CT molecular complexity index is 755. The van der Waals surface area contributed by atoms with E-state index in [0.717, 1.165) is 5.69 Å². The van der Waals surface area contributed by atoms with E-state index in [1.165, 1.54) is 11.6 Å². The monoisotopic (exact) mass is 305 g/mol. The first-order valence-corrected chi connectivity index (χ1v) is 8.11. The van der Waals surface area contributed by atoms with Gasteiger partial charge in [-0.25, -0.2) is 13.6 Å². The van der Waals surface area contributed by atoms with Crippen LogP contribution in [0.25, 0.3) is 0 Å². The lowest BCUT2D eigenvalue weighted by Crippen LogP contribution is -2.14. The molecule has 0 saturated heterocycles. The summed E-state index contributed by atoms with van der Waals surface area (Å²) in [4.78, 5) is -0.0658. The molecule has 0 radical (unpaired) electrons. The van der Waals surface area contributed by atoms with Crippen molar-refractivity contribution in [1.29, 1.82) is 0 Å². The second-order valence-electron chi connectivity index (χ2n) is 5.20. The number of sulfonamides is 1. The van der Waals surface area contributed by atoms with Gasteiger partial charge in [-0.05, 0) is 41.8 Å². The molecule has 21 heavy (non-hydrogen) atoms. The van der Waals surface area contributed by atoms with Crippen molar-refractivity contribution < 1.29 is 8.42 Å². The van der Waals surface area contributed by atoms with Crippen LogP contribution in [0.4, 0.5) is 17.1 Å². The molecule has 0 spiro atoms. The van der Waals surface area contributed by atoms with Crippen molar-refractivity contribution in [1.82, 2.24) is 0 Å². The number of nitrogens with one attached hydrogen (secondary N) is 1. The normalized spacial score (nSPS) is 11.6. The van der Waals surface area contributed by atoms with Crippen molar-refractivity contribution in [2.75, 3.05) is 11.1 Å². The summed E-state index contributed by atoms with van der Waals surface area (Å²) < 4.78 is 22.6. The van der Waals surface area contributed by atoms with E-state index in [1.54, 1.807) is 12.1 Å². The maximum atomic E-state index is 11.3. The number of primary sulfonamides is 1. The van der Waals surface area contributed by atoms with Crippen LogP contribution < -0.4 is 16.2 Å². The zero-order valence-corrected chi connectivity index (χ0v) is 12.8. The molecule has 5 nitrogen and oxygen atoms in total. The first-order valence-electron chi connectivity index (χ1n) is 6.56. The van der Waals surface area contributed by atoms with Crippen molar-refractivity contribution >= 4 is 27.1 Å². The molecule has 0 amide bonds. The molecule has 2 rings (SSSR count). The lowest BCUT2D eigenvalue weighted by molar-refractivity contribution is 0.598. The minimum atomic E-state index is -3.79. The third-order valence-corrected chi connectivity index (χ3v) is 4.14. The Hall–Kier alpha value is -2.05. The highest BCUT2D eigenvalue weighted by molar-refractivity contribution is 7.89. The van der Waals surface area contributed by atoms with Gasteiger partial charge in [0, 0.05) is 11.4 Å². The highest BCUT2D eigenvalue weighted by atomic mass is 32.2. The summed E-state index contributed by atoms with van der Waals surface area (Å²) in [5, 5.41) is 8.29. The molecule has 6 heteroatoms. The lowest BCUT2D eigenvalue weighted by atomic mass is 10.0. The largest absolute Gasteiger partial charge is 0.398 e. The SMILES string of the molecule is CC(C)c1cccc(Nc2ccc(S(N)(=O)=O)c(N)c2)c1. The van der Waals surface area contributed by atoms with Gasteiger partial charge in [-0.3, -0.25) is 0 Å². The standard InChI is InChI=1S/C15H19N3O2S/c1-10(2)11-4-3-5-12(8-11)18-13-6-7-15(14(16)9-13)21(17,19)20/h3-10,18H,16H2,1-2H3,(H2,17,19,20). The molecule has 0 aliphatic heterocycles. The molecule has 0 aliphatic carbocycles. The smallest absolute Gasteiger partial charge is 0.240 e. The molecular formula is C15H19N3O2S. The van der Waals surface area contributed by atoms with Crippen molar-refractivity contribution in [3.05, 3.63) is 48.0 Å². The van der Waals surface area contributed by atoms with E-state index < -0.39 is 10.0 Å². The van der Waals surface area contributed by atoms with Gasteiger partial charge in [-0.15, -0.1) is 0 Å². The van der Waals surface area contributed by atoms with E-state index in [9.17, 15) is 8.42 Å². The Kier molecular flexibility index (Phi) is 4.20. The molecule has 5 N–H and O–H groups in total. The van der Waals surface area contributed by atoms with Gasteiger partial charge in [0.25, 0.3) is 0 Å². The summed E-state index contributed by atoms with van der Waals surface area (Å²) in [6, 6.07) is 12.6. The fourth-order valence-electron chi connectivity index (χ4n) is 2.03. The molecule has 0 bridgehead atoms. The number of benzene rings is 2. The third kappa shape index (κ3) is 3.74. The quantitative estimate of drug-likeness (QED) is 0.756. The highest BCUT2D eigenvalue weighted by Gasteiger charge is 2.12. The molecule has 0 fully saturated rings. The molecule has 0 aromatic heterocycles. The first kappa shape index (κ1) is 15.3. The minimum Gasteiger partial charge on any atom is -0.398 e. The predicted octanol–water partition coefficient (Wildman–Crippen LogP) is 2.78. The number of hydrogen-bond donors (Lipinski definition) is 3. The molecule has 0 heterocycles. The van der Waals surface area contributed by atoms with Gasteiger partial charge in [0.15, 0.2) is 0 Å². The number of hydrogen-bond acceptors (Lipinski definition) is 4. The van der Waals surface area contributed by atoms with Gasteiger partial charge in [-0.1, -0.05) is 26.0 Å². The second-order valence-corrected chi connectivity index (χ2v) is 6.73. The summed E-state index contributed by atoms with van der Waals surface area (Å²) in [7, 11) is -3.79. The van der Waals surface area contributed by atoms with Gasteiger partial charge in [0.2, 0.25) is 10.0 Å². The van der Waals surface area contributed by atoms with Crippen LogP contribution >= 0.6 is 0 Å². The molecule has 0 atom stereocenters. The number of rotatable bonds is 4. The molecule has 112 valence electrons. The minimum absolute atomic E-state index is 0.0658. The molecule has 0 aliphatic rings. The van der Waals surface area contributed by atoms with Crippen LogP contribution in [-0.2, 0) is 10.0 Å². The van der Waals surface area contributed by atoms with Crippen molar-refractivity contribution in [3.63, 3.8) is 0 Å². The Balaban J connectivity index is 2.29. The van der Waals surface area contributed by atoms with Crippen LogP contribution in [0.3, 0.4) is 0 Å². The Morgan fingerprint density at radius 3 is 2.29 bits per heavy atom. The van der Waals surface area contributed by atoms with Crippen LogP contribution in [0.1, 0.15) is 25.3 Å². The molecule has 2 aromatic rings. The van der Waals surface area contributed by atoms with Crippen molar-refractivity contribution in [2.24, 2.45) is 5.14 Å². The average Bonchev–Trinajstić information content (AvgIpc) is 2.37. The maximum absolute atomic E-state index is 11.3. The number of nitrogens with two attached hydrogens (primary N) is 2. The van der Waals surface area contributed by atoms with Crippen LogP contribution in [0.15, 0.2) is 47.4 Å². The second kappa shape index (κ2) is 5.75. The Labute approximate surface area is 125 Å². The molecule has 2 aromatic carbocycles. The summed E-state index contributed by atoms with van der Waals surface area (Å²) in [6.45, 7) is 4.25. The Morgan fingerprint density at radius 1 is 1.05 bits per heavy atom. The summed E-state index contributed by atoms with van der Waals surface area (Å²) >= 11 is 0. The van der Waals surface area contributed by atoms with Crippen LogP contribution in [0.5, 0.6) is 0 Å². The number of anilines is 3. The van der Waals surface area contributed by atoms with Crippen LogP contribution in [0, 0.1) is 0 Å². The van der Waals surface area contributed by atoms with Gasteiger partial charge < -0.3 is 11.1 Å². The Morgan fingerprint density at radius 2 is 1.71 bits per heavy atom. The lowest BCUT2D eigenvalue weighted by Gasteiger charge is -2.12. The third-order valence-electron chi connectivity index (χ3n) is 3.16. The summed E-state index contributed by atoms with van der Waals surface area (Å²) in [5.74, 6) is 0.432. The zero-order chi connectivity index (χ0) is 15.6. The number of nitrogen functional groups attached to an aromatic ring is 1. The van der Waals surface area contributed by atoms with Gasteiger partial charge in [-0.2, -0.15) is 0 Å². The van der Waals surface area contributed by atoms with Gasteiger partial charge in [0.1, 0.15) is 4.90 Å². The van der Waals surface area contributed by atoms with E-state index in [0.29, 0.717) is 11.6 Å². The van der Waals surface area contributed by atoms with Gasteiger partial charge in [0.05, 0.1) is 5.69 Å². The van der Waals surface area contributed by atoms with E-state index in [4.69, 9.17) is 10.9 Å².